The number of halogens is 10. The monoisotopic (exact) mass is 529 g/mol. The molecule has 0 aliphatic heterocycles. The molecule has 0 aromatic rings. The van der Waals surface area contributed by atoms with Crippen LogP contribution in [0.5, 0.6) is 0 Å². The van der Waals surface area contributed by atoms with Gasteiger partial charge in [-0.2, -0.15) is 30.7 Å². The highest BCUT2D eigenvalue weighted by Gasteiger charge is 2.79. The molecule has 1 aliphatic rings. The number of alkyl halides is 9. The summed E-state index contributed by atoms with van der Waals surface area (Å²) in [5, 5.41) is -7.38. The Morgan fingerprint density at radius 1 is 1.17 bits per heavy atom. The highest BCUT2D eigenvalue weighted by Crippen LogP contribution is 2.52. The van der Waals surface area contributed by atoms with Crippen LogP contribution in [0.15, 0.2) is 21.5 Å². The molecule has 0 aromatic heterocycles. The summed E-state index contributed by atoms with van der Waals surface area (Å²) in [6.45, 7) is 1.32. The molecule has 2 unspecified atom stereocenters. The molecule has 1 aliphatic carbocycles. The summed E-state index contributed by atoms with van der Waals surface area (Å²) in [5.41, 5.74) is 0. The van der Waals surface area contributed by atoms with E-state index in [0.29, 0.717) is 12.2 Å². The van der Waals surface area contributed by atoms with Crippen LogP contribution in [0.2, 0.25) is 0 Å². The maximum absolute atomic E-state index is 13.6. The second-order valence-corrected chi connectivity index (χ2v) is 9.69. The van der Waals surface area contributed by atoms with Crippen molar-refractivity contribution in [3.63, 3.8) is 0 Å². The van der Waals surface area contributed by atoms with Crippen molar-refractivity contribution in [2.24, 2.45) is 0 Å². The number of hydrogen-bond donors (Lipinski definition) is 0. The highest BCUT2D eigenvalue weighted by atomic mass is 79.9. The minimum atomic E-state index is -6.79. The summed E-state index contributed by atoms with van der Waals surface area (Å²) in [6.07, 6.45) is -4.53. The predicted octanol–water partition coefficient (Wildman–Crippen LogP) is 5.33. The van der Waals surface area contributed by atoms with Gasteiger partial charge in [0.2, 0.25) is 9.84 Å². The summed E-state index contributed by atoms with van der Waals surface area (Å²) in [4.78, 5) is -1.44. The average Bonchev–Trinajstić information content (AvgIpc) is 2.35. The third-order valence-corrected chi connectivity index (χ3v) is 7.00. The second-order valence-electron chi connectivity index (χ2n) is 4.76. The van der Waals surface area contributed by atoms with Gasteiger partial charge in [0, 0.05) is 10.9 Å². The standard InChI is InChI=1S/C11H7Br2ClF7O2S/c1-5(14)8(13)3-6(12)2-7(4-8)24(22,23)11(20,21)9(15,16)10(17,18)19/h2-5H,1H3. The van der Waals surface area contributed by atoms with Crippen molar-refractivity contribution in [3.8, 4) is 0 Å². The lowest BCUT2D eigenvalue weighted by Crippen LogP contribution is -2.56. The molecule has 0 heterocycles. The SMILES string of the molecule is CC(Cl)C1(Br)[CH]C(Br)=CC(S(=O)(=O)C(F)(F)C(F)(F)C(F)(F)F)=C1. The lowest BCUT2D eigenvalue weighted by molar-refractivity contribution is -0.331. The normalized spacial score (nSPS) is 25.1. The smallest absolute Gasteiger partial charge is 0.217 e. The third kappa shape index (κ3) is 3.52. The summed E-state index contributed by atoms with van der Waals surface area (Å²) < 4.78 is 112. The van der Waals surface area contributed by atoms with Gasteiger partial charge in [-0.1, -0.05) is 31.9 Å². The summed E-state index contributed by atoms with van der Waals surface area (Å²) in [6, 6.07) is 0. The van der Waals surface area contributed by atoms with Crippen molar-refractivity contribution in [3.05, 3.63) is 28.0 Å². The van der Waals surface area contributed by atoms with Crippen molar-refractivity contribution >= 4 is 53.3 Å². The van der Waals surface area contributed by atoms with Crippen LogP contribution in [0.3, 0.4) is 0 Å². The van der Waals surface area contributed by atoms with Gasteiger partial charge in [0.05, 0.1) is 14.6 Å². The van der Waals surface area contributed by atoms with Crippen LogP contribution in [-0.2, 0) is 9.84 Å². The average molecular weight is 531 g/mol. The Bertz CT molecular complexity index is 685. The molecule has 0 amide bonds. The van der Waals surface area contributed by atoms with E-state index in [2.05, 4.69) is 31.9 Å². The summed E-state index contributed by atoms with van der Waals surface area (Å²) in [7, 11) is -6.40. The fourth-order valence-electron chi connectivity index (χ4n) is 1.56. The van der Waals surface area contributed by atoms with Gasteiger partial charge in [-0.15, -0.1) is 11.6 Å². The second kappa shape index (κ2) is 6.41. The Labute approximate surface area is 154 Å². The van der Waals surface area contributed by atoms with E-state index in [1.54, 1.807) is 0 Å². The van der Waals surface area contributed by atoms with Crippen LogP contribution in [0.25, 0.3) is 0 Å². The van der Waals surface area contributed by atoms with Crippen LogP contribution < -0.4 is 0 Å². The van der Waals surface area contributed by atoms with E-state index in [1.165, 1.54) is 13.3 Å². The fraction of sp³-hybridized carbons (Fsp3) is 0.545. The molecule has 2 atom stereocenters. The van der Waals surface area contributed by atoms with Crippen molar-refractivity contribution in [2.75, 3.05) is 0 Å². The molecule has 2 nitrogen and oxygen atoms in total. The van der Waals surface area contributed by atoms with E-state index in [1.807, 2.05) is 0 Å². The van der Waals surface area contributed by atoms with Gasteiger partial charge in [0.15, 0.2) is 0 Å². The molecule has 0 saturated heterocycles. The van der Waals surface area contributed by atoms with Gasteiger partial charge >= 0.3 is 17.4 Å². The molecular formula is C11H7Br2ClF7O2S. The molecule has 0 fully saturated rings. The summed E-state index contributed by atoms with van der Waals surface area (Å²) in [5.74, 6) is -6.79. The molecule has 0 bridgehead atoms. The molecule has 0 spiro atoms. The molecule has 0 saturated carbocycles. The van der Waals surface area contributed by atoms with Crippen LogP contribution in [0.1, 0.15) is 6.92 Å². The van der Waals surface area contributed by atoms with E-state index in [0.717, 1.165) is 0 Å². The fourth-order valence-corrected chi connectivity index (χ4v) is 4.79. The van der Waals surface area contributed by atoms with E-state index >= 15 is 0 Å². The number of sulfone groups is 1. The molecule has 24 heavy (non-hydrogen) atoms. The molecule has 13 heteroatoms. The van der Waals surface area contributed by atoms with E-state index < -0.39 is 41.8 Å². The number of allylic oxidation sites excluding steroid dienone is 3. The Balaban J connectivity index is 3.57. The Hall–Kier alpha value is 0.190. The van der Waals surface area contributed by atoms with E-state index in [-0.39, 0.29) is 4.48 Å². The van der Waals surface area contributed by atoms with Crippen molar-refractivity contribution in [1.82, 2.24) is 0 Å². The van der Waals surface area contributed by atoms with E-state index in [4.69, 9.17) is 11.6 Å². The largest absolute Gasteiger partial charge is 0.461 e. The topological polar surface area (TPSA) is 34.1 Å². The van der Waals surface area contributed by atoms with Crippen LogP contribution >= 0.6 is 43.5 Å². The van der Waals surface area contributed by atoms with Crippen molar-refractivity contribution in [2.45, 2.75) is 34.0 Å². The molecule has 139 valence electrons. The van der Waals surface area contributed by atoms with Gasteiger partial charge < -0.3 is 0 Å². The van der Waals surface area contributed by atoms with Crippen LogP contribution in [0, 0.1) is 6.42 Å². The van der Waals surface area contributed by atoms with Gasteiger partial charge in [-0.25, -0.2) is 8.42 Å². The number of rotatable bonds is 4. The van der Waals surface area contributed by atoms with Gasteiger partial charge in [-0.05, 0) is 19.1 Å². The van der Waals surface area contributed by atoms with Gasteiger partial charge in [-0.3, -0.25) is 0 Å². The lowest BCUT2D eigenvalue weighted by atomic mass is 9.97. The zero-order valence-corrected chi connectivity index (χ0v) is 16.1. The summed E-state index contributed by atoms with van der Waals surface area (Å²) >= 11 is 11.5. The molecule has 0 N–H and O–H groups in total. The van der Waals surface area contributed by atoms with Gasteiger partial charge in [0.1, 0.15) is 0 Å². The first-order valence-electron chi connectivity index (χ1n) is 5.76. The lowest BCUT2D eigenvalue weighted by Gasteiger charge is -2.32. The Kier molecular flexibility index (Phi) is 5.94. The van der Waals surface area contributed by atoms with Crippen molar-refractivity contribution in [1.29, 1.82) is 0 Å². The maximum atomic E-state index is 13.6. The highest BCUT2D eigenvalue weighted by molar-refractivity contribution is 9.12. The zero-order valence-electron chi connectivity index (χ0n) is 11.3. The maximum Gasteiger partial charge on any atom is 0.461 e. The third-order valence-electron chi connectivity index (χ3n) is 2.98. The van der Waals surface area contributed by atoms with Crippen LogP contribution in [0.4, 0.5) is 30.7 Å². The first-order valence-corrected chi connectivity index (χ1v) is 9.26. The molecular weight excluding hydrogens is 524 g/mol. The molecule has 1 radical (unpaired) electrons. The predicted molar refractivity (Wildman–Crippen MR) is 81.2 cm³/mol. The van der Waals surface area contributed by atoms with E-state index in [9.17, 15) is 39.2 Å². The van der Waals surface area contributed by atoms with Gasteiger partial charge in [0.25, 0.3) is 0 Å². The number of hydrogen-bond acceptors (Lipinski definition) is 2. The molecule has 0 aromatic carbocycles. The van der Waals surface area contributed by atoms with Crippen molar-refractivity contribution < 1.29 is 39.2 Å². The van der Waals surface area contributed by atoms with Crippen LogP contribution in [-0.4, -0.2) is 35.5 Å². The Morgan fingerprint density at radius 2 is 1.62 bits per heavy atom. The quantitative estimate of drug-likeness (QED) is 0.363. The zero-order chi connectivity index (χ0) is 19.4. The molecule has 1 rings (SSSR count). The first kappa shape index (κ1) is 22.2. The Morgan fingerprint density at radius 3 is 2.00 bits per heavy atom. The minimum absolute atomic E-state index is 0.154. The minimum Gasteiger partial charge on any atom is -0.217 e. The first-order chi connectivity index (χ1) is 10.4.